The van der Waals surface area contributed by atoms with E-state index in [1.807, 2.05) is 19.1 Å². The molecule has 0 N–H and O–H groups in total. The van der Waals surface area contributed by atoms with E-state index < -0.39 is 6.35 Å². The molecule has 1 aromatic carbocycles. The second-order valence-corrected chi connectivity index (χ2v) is 5.15. The van der Waals surface area contributed by atoms with Crippen molar-refractivity contribution in [1.82, 2.24) is 0 Å². The van der Waals surface area contributed by atoms with Crippen LogP contribution in [0, 0.1) is 6.92 Å². The van der Waals surface area contributed by atoms with E-state index in [1.54, 1.807) is 0 Å². The number of methoxy groups -OCH3 is 1. The van der Waals surface area contributed by atoms with Crippen LogP contribution >= 0.6 is 0 Å². The molecule has 0 aromatic heterocycles. The molecule has 1 unspecified atom stereocenters. The summed E-state index contributed by atoms with van der Waals surface area (Å²) in [6, 6.07) is 6.12. The Morgan fingerprint density at radius 2 is 2.14 bits per heavy atom. The van der Waals surface area contributed by atoms with Crippen molar-refractivity contribution in [3.8, 4) is 0 Å². The minimum absolute atomic E-state index is 0.232. The summed E-state index contributed by atoms with van der Waals surface area (Å²) in [4.78, 5) is 6.27. The summed E-state index contributed by atoms with van der Waals surface area (Å²) in [6.45, 7) is 5.26. The molecular formula is C15H22N6O. The molecule has 118 valence electrons. The molecular weight excluding hydrogens is 280 g/mol. The molecule has 0 saturated heterocycles. The van der Waals surface area contributed by atoms with Crippen molar-refractivity contribution in [2.45, 2.75) is 33.0 Å². The lowest BCUT2D eigenvalue weighted by Crippen LogP contribution is -2.18. The Hall–Kier alpha value is -2.15. The van der Waals surface area contributed by atoms with Gasteiger partial charge in [0.05, 0.1) is 5.69 Å². The van der Waals surface area contributed by atoms with Crippen molar-refractivity contribution in [3.05, 3.63) is 23.8 Å². The monoisotopic (exact) mass is 302 g/mol. The normalized spacial score (nSPS) is 17.3. The van der Waals surface area contributed by atoms with Crippen molar-refractivity contribution in [2.24, 2.45) is 25.4 Å². The molecule has 1 aliphatic rings. The average Bonchev–Trinajstić information content (AvgIpc) is 2.99. The van der Waals surface area contributed by atoms with Gasteiger partial charge >= 0.3 is 0 Å². The first-order valence-corrected chi connectivity index (χ1v) is 7.39. The summed E-state index contributed by atoms with van der Waals surface area (Å²) in [7, 11) is 3.62. The maximum Gasteiger partial charge on any atom is 0.287 e. The second-order valence-electron chi connectivity index (χ2n) is 5.15. The molecule has 1 aliphatic heterocycles. The molecule has 7 heteroatoms. The summed E-state index contributed by atoms with van der Waals surface area (Å²) in [6.07, 6.45) is 1.78. The topological polar surface area (TPSA) is 74.3 Å². The van der Waals surface area contributed by atoms with Crippen molar-refractivity contribution in [2.75, 3.05) is 25.6 Å². The zero-order valence-electron chi connectivity index (χ0n) is 13.5. The molecule has 1 atom stereocenters. The van der Waals surface area contributed by atoms with E-state index in [4.69, 9.17) is 4.74 Å². The van der Waals surface area contributed by atoms with Crippen LogP contribution in [0.2, 0.25) is 0 Å². The lowest BCUT2D eigenvalue weighted by atomic mass is 10.1. The maximum absolute atomic E-state index is 4.94. The van der Waals surface area contributed by atoms with Crippen molar-refractivity contribution in [1.29, 1.82) is 0 Å². The number of guanidine groups is 1. The summed E-state index contributed by atoms with van der Waals surface area (Å²) < 4.78 is 4.94. The number of hydrogen-bond donors (Lipinski definition) is 0. The second kappa shape index (κ2) is 7.74. The van der Waals surface area contributed by atoms with E-state index in [0.717, 1.165) is 17.8 Å². The minimum Gasteiger partial charge on any atom is -0.375 e. The lowest BCUT2D eigenvalue weighted by molar-refractivity contribution is 0.117. The van der Waals surface area contributed by atoms with Crippen LogP contribution < -0.4 is 4.90 Å². The van der Waals surface area contributed by atoms with Gasteiger partial charge in [-0.3, -0.25) is 0 Å². The number of ether oxygens (including phenoxy) is 1. The number of anilines is 1. The summed E-state index contributed by atoms with van der Waals surface area (Å²) >= 11 is 0. The molecule has 2 rings (SSSR count). The Kier molecular flexibility index (Phi) is 5.71. The fraction of sp³-hybridized carbons (Fsp3) is 0.533. The van der Waals surface area contributed by atoms with Gasteiger partial charge in [-0.1, -0.05) is 13.3 Å². The lowest BCUT2D eigenvalue weighted by Gasteiger charge is -2.19. The van der Waals surface area contributed by atoms with E-state index in [1.165, 1.54) is 25.6 Å². The highest BCUT2D eigenvalue weighted by Gasteiger charge is 2.12. The van der Waals surface area contributed by atoms with Gasteiger partial charge in [0.15, 0.2) is 0 Å². The van der Waals surface area contributed by atoms with E-state index in [9.17, 15) is 0 Å². The Labute approximate surface area is 130 Å². The van der Waals surface area contributed by atoms with Crippen LogP contribution in [-0.2, 0) is 4.74 Å². The van der Waals surface area contributed by atoms with Crippen molar-refractivity contribution in [3.63, 3.8) is 0 Å². The van der Waals surface area contributed by atoms with E-state index >= 15 is 0 Å². The quantitative estimate of drug-likeness (QED) is 0.743. The van der Waals surface area contributed by atoms with E-state index in [-0.39, 0.29) is 5.96 Å². The first kappa shape index (κ1) is 16.2. The van der Waals surface area contributed by atoms with Gasteiger partial charge in [-0.25, -0.2) is 0 Å². The minimum atomic E-state index is -0.593. The standard InChI is InChI=1S/C15H22N6O/c1-5-6-9-21(3)12-7-8-13(11(2)10-12)17-18-14-16-15(22-4)20-19-14/h7-8,10,15H,5-6,9H2,1-4H3. The van der Waals surface area contributed by atoms with Gasteiger partial charge in [0.1, 0.15) is 0 Å². The highest BCUT2D eigenvalue weighted by molar-refractivity contribution is 5.81. The third kappa shape index (κ3) is 4.17. The highest BCUT2D eigenvalue weighted by atomic mass is 16.5. The molecule has 22 heavy (non-hydrogen) atoms. The fourth-order valence-electron chi connectivity index (χ4n) is 2.01. The first-order valence-electron chi connectivity index (χ1n) is 7.39. The Morgan fingerprint density at radius 3 is 2.77 bits per heavy atom. The molecule has 0 bridgehead atoms. The summed E-state index contributed by atoms with van der Waals surface area (Å²) in [5.41, 5.74) is 3.04. The molecule has 1 heterocycles. The van der Waals surface area contributed by atoms with Gasteiger partial charge < -0.3 is 9.64 Å². The van der Waals surface area contributed by atoms with Crippen molar-refractivity contribution >= 4 is 17.3 Å². The van der Waals surface area contributed by atoms with Gasteiger partial charge in [-0.15, -0.1) is 20.5 Å². The molecule has 0 aliphatic carbocycles. The van der Waals surface area contributed by atoms with Crippen LogP contribution in [0.15, 0.2) is 43.6 Å². The molecule has 0 spiro atoms. The van der Waals surface area contributed by atoms with E-state index in [2.05, 4.69) is 50.4 Å². The van der Waals surface area contributed by atoms with Crippen LogP contribution in [0.5, 0.6) is 0 Å². The highest BCUT2D eigenvalue weighted by Crippen LogP contribution is 2.25. The number of unbranched alkanes of at least 4 members (excludes halogenated alkanes) is 1. The van der Waals surface area contributed by atoms with E-state index in [0.29, 0.717) is 0 Å². The number of azo groups is 2. The Morgan fingerprint density at radius 1 is 1.32 bits per heavy atom. The molecule has 7 nitrogen and oxygen atoms in total. The smallest absolute Gasteiger partial charge is 0.287 e. The number of rotatable bonds is 6. The van der Waals surface area contributed by atoms with Gasteiger partial charge in [0.2, 0.25) is 0 Å². The molecule has 0 radical (unpaired) electrons. The largest absolute Gasteiger partial charge is 0.375 e. The summed E-state index contributed by atoms with van der Waals surface area (Å²) in [5, 5.41) is 15.8. The molecule has 1 aromatic rings. The Bertz CT molecular complexity index is 596. The van der Waals surface area contributed by atoms with Crippen LogP contribution in [0.3, 0.4) is 0 Å². The number of hydrogen-bond acceptors (Lipinski definition) is 7. The van der Waals surface area contributed by atoms with Crippen LogP contribution in [0.1, 0.15) is 25.3 Å². The molecule has 0 amide bonds. The number of aryl methyl sites for hydroxylation is 1. The zero-order chi connectivity index (χ0) is 15.9. The third-order valence-electron chi connectivity index (χ3n) is 3.40. The molecule has 0 fully saturated rings. The van der Waals surface area contributed by atoms with Gasteiger partial charge in [-0.2, -0.15) is 4.99 Å². The molecule has 0 saturated carbocycles. The number of benzene rings is 1. The van der Waals surface area contributed by atoms with Gasteiger partial charge in [0, 0.05) is 26.4 Å². The Balaban J connectivity index is 2.05. The van der Waals surface area contributed by atoms with Gasteiger partial charge in [-0.05, 0) is 37.1 Å². The van der Waals surface area contributed by atoms with Crippen LogP contribution in [0.4, 0.5) is 11.4 Å². The number of nitrogens with zero attached hydrogens (tertiary/aromatic N) is 6. The zero-order valence-corrected chi connectivity index (χ0v) is 13.5. The fourth-order valence-corrected chi connectivity index (χ4v) is 2.01. The average molecular weight is 302 g/mol. The van der Waals surface area contributed by atoms with Crippen LogP contribution in [-0.4, -0.2) is 33.0 Å². The first-order chi connectivity index (χ1) is 10.6. The predicted octanol–water partition coefficient (Wildman–Crippen LogP) is 4.07. The maximum atomic E-state index is 4.94. The van der Waals surface area contributed by atoms with Gasteiger partial charge in [0.25, 0.3) is 12.3 Å². The van der Waals surface area contributed by atoms with Crippen LogP contribution in [0.25, 0.3) is 0 Å². The number of aliphatic imine (C=N–C) groups is 1. The predicted molar refractivity (Wildman–Crippen MR) is 87.0 cm³/mol. The third-order valence-corrected chi connectivity index (χ3v) is 3.40. The van der Waals surface area contributed by atoms with Crippen molar-refractivity contribution < 1.29 is 4.74 Å². The summed E-state index contributed by atoms with van der Waals surface area (Å²) in [5.74, 6) is 0.232. The SMILES string of the molecule is CCCCN(C)c1ccc(N=NC2=NC(OC)N=N2)c(C)c1.